The van der Waals surface area contributed by atoms with Gasteiger partial charge in [0.05, 0.1) is 12.6 Å². The first-order valence-electron chi connectivity index (χ1n) is 10.4. The summed E-state index contributed by atoms with van der Waals surface area (Å²) in [6.45, 7) is 1.45. The number of amides is 3. The SMILES string of the molecule is CNCC(=O)NC(CCCCN)C(=O)NSC1CC1.NCCCCC(C=O)N[C-]=O.[Cs+]. The number of hydrogen-bond donors (Lipinski definition) is 6. The Morgan fingerprint density at radius 1 is 1.13 bits per heavy atom. The standard InChI is InChI=1S/C12H24N4O2S.C7H13N2O2.Cs/c1-14-8-11(17)15-10(4-2-3-7-13)12(18)16-19-9-5-6-9;8-4-2-1-3-7(5-10)9-6-11;/h9-10,14H,2-8,13H2,1H3,(H,15,17)(H,16,18);5,7H,1-4,8H2,(H,9,11);/q;-1;+1. The van der Waals surface area contributed by atoms with Gasteiger partial charge in [-0.15, -0.1) is 0 Å². The number of aldehydes is 1. The van der Waals surface area contributed by atoms with Gasteiger partial charge in [-0.05, 0) is 83.5 Å². The zero-order valence-corrected chi connectivity index (χ0v) is 25.9. The predicted octanol–water partition coefficient (Wildman–Crippen LogP) is -3.91. The van der Waals surface area contributed by atoms with Gasteiger partial charge in [-0.3, -0.25) is 14.3 Å². The van der Waals surface area contributed by atoms with Crippen LogP contribution in [0.15, 0.2) is 0 Å². The summed E-state index contributed by atoms with van der Waals surface area (Å²) in [5.41, 5.74) is 10.7. The van der Waals surface area contributed by atoms with E-state index in [4.69, 9.17) is 11.5 Å². The molecule has 0 aliphatic heterocycles. The molecule has 174 valence electrons. The van der Waals surface area contributed by atoms with E-state index < -0.39 is 6.04 Å². The Balaban J connectivity index is 0. The molecule has 2 unspecified atom stereocenters. The van der Waals surface area contributed by atoms with Crippen molar-refractivity contribution in [2.75, 3.05) is 26.7 Å². The average Bonchev–Trinajstić information content (AvgIpc) is 3.56. The largest absolute Gasteiger partial charge is 1.00 e. The van der Waals surface area contributed by atoms with E-state index >= 15 is 0 Å². The van der Waals surface area contributed by atoms with Crippen LogP contribution >= 0.6 is 11.9 Å². The summed E-state index contributed by atoms with van der Waals surface area (Å²) >= 11 is 1.47. The van der Waals surface area contributed by atoms with Crippen LogP contribution in [0, 0.1) is 0 Å². The van der Waals surface area contributed by atoms with Crippen LogP contribution in [0.4, 0.5) is 0 Å². The number of rotatable bonds is 17. The van der Waals surface area contributed by atoms with E-state index in [1.807, 2.05) is 0 Å². The molecule has 0 spiro atoms. The summed E-state index contributed by atoms with van der Waals surface area (Å²) in [4.78, 5) is 43.6. The van der Waals surface area contributed by atoms with Gasteiger partial charge in [-0.1, -0.05) is 0 Å². The zero-order valence-electron chi connectivity index (χ0n) is 18.8. The molecule has 12 heteroatoms. The van der Waals surface area contributed by atoms with Gasteiger partial charge in [0.2, 0.25) is 5.91 Å². The van der Waals surface area contributed by atoms with Crippen molar-refractivity contribution in [3.8, 4) is 0 Å². The van der Waals surface area contributed by atoms with Crippen molar-refractivity contribution in [3.63, 3.8) is 0 Å². The zero-order chi connectivity index (χ0) is 22.6. The predicted molar refractivity (Wildman–Crippen MR) is 119 cm³/mol. The summed E-state index contributed by atoms with van der Waals surface area (Å²) in [5.74, 6) is -0.273. The first-order chi connectivity index (χ1) is 14.5. The minimum Gasteiger partial charge on any atom is -0.522 e. The molecule has 1 aliphatic rings. The molecule has 8 N–H and O–H groups in total. The second-order valence-corrected chi connectivity index (χ2v) is 8.10. The van der Waals surface area contributed by atoms with Crippen molar-refractivity contribution in [3.05, 3.63) is 0 Å². The van der Waals surface area contributed by atoms with E-state index in [9.17, 15) is 19.2 Å². The molecule has 2 atom stereocenters. The van der Waals surface area contributed by atoms with Gasteiger partial charge in [-0.25, -0.2) is 0 Å². The molecule has 0 radical (unpaired) electrons. The maximum Gasteiger partial charge on any atom is 1.00 e. The van der Waals surface area contributed by atoms with Crippen molar-refractivity contribution >= 4 is 36.5 Å². The molecule has 0 aromatic rings. The maximum atomic E-state index is 12.0. The van der Waals surface area contributed by atoms with Crippen LogP contribution in [0.2, 0.25) is 0 Å². The van der Waals surface area contributed by atoms with Crippen molar-refractivity contribution in [1.82, 2.24) is 20.7 Å². The molecule has 0 heterocycles. The summed E-state index contributed by atoms with van der Waals surface area (Å²) < 4.78 is 2.83. The second-order valence-electron chi connectivity index (χ2n) is 6.99. The molecule has 10 nitrogen and oxygen atoms in total. The van der Waals surface area contributed by atoms with Gasteiger partial charge in [0.15, 0.2) is 0 Å². The first-order valence-corrected chi connectivity index (χ1v) is 11.3. The van der Waals surface area contributed by atoms with Crippen LogP contribution in [0.1, 0.15) is 51.4 Å². The minimum atomic E-state index is -0.460. The Morgan fingerprint density at radius 3 is 2.23 bits per heavy atom. The van der Waals surface area contributed by atoms with E-state index in [-0.39, 0.29) is 93.3 Å². The van der Waals surface area contributed by atoms with Gasteiger partial charge in [0.1, 0.15) is 12.3 Å². The van der Waals surface area contributed by atoms with Crippen molar-refractivity contribution in [2.45, 2.75) is 68.7 Å². The van der Waals surface area contributed by atoms with Crippen LogP contribution < -0.4 is 101 Å². The Morgan fingerprint density at radius 2 is 1.74 bits per heavy atom. The van der Waals surface area contributed by atoms with Crippen LogP contribution in [0.3, 0.4) is 0 Å². The van der Waals surface area contributed by atoms with Crippen LogP contribution in [-0.2, 0) is 19.2 Å². The van der Waals surface area contributed by atoms with Crippen molar-refractivity contribution in [1.29, 1.82) is 0 Å². The number of carbonyl (C=O) groups excluding carboxylic acids is 4. The molecule has 0 aromatic heterocycles. The van der Waals surface area contributed by atoms with Crippen molar-refractivity contribution < 1.29 is 88.1 Å². The topological polar surface area (TPSA) is 168 Å². The molecule has 0 aromatic carbocycles. The average molecular weight is 579 g/mol. The molecule has 1 aliphatic carbocycles. The molecule has 3 amide bonds. The third kappa shape index (κ3) is 20.7. The number of nitrogens with two attached hydrogens (primary N) is 2. The molecule has 0 bridgehead atoms. The number of nitrogens with one attached hydrogen (secondary N) is 4. The summed E-state index contributed by atoms with van der Waals surface area (Å²) in [6, 6.07) is -0.849. The van der Waals surface area contributed by atoms with Gasteiger partial charge < -0.3 is 37.0 Å². The normalized spacial score (nSPS) is 14.0. The van der Waals surface area contributed by atoms with E-state index in [0.29, 0.717) is 37.5 Å². The first kappa shape index (κ1) is 33.5. The van der Waals surface area contributed by atoms with Gasteiger partial charge in [-0.2, -0.15) is 6.41 Å². The molecule has 0 saturated heterocycles. The summed E-state index contributed by atoms with van der Waals surface area (Å²) in [6.07, 6.45) is 9.23. The Hall–Kier alpha value is 0.362. The monoisotopic (exact) mass is 578 g/mol. The summed E-state index contributed by atoms with van der Waals surface area (Å²) in [5, 5.41) is 8.36. The molecular formula is C19H37CsN6O4S. The number of unbranched alkanes of at least 4 members (excludes halogenated alkanes) is 2. The van der Waals surface area contributed by atoms with Crippen LogP contribution in [0.5, 0.6) is 0 Å². The molecule has 1 fully saturated rings. The van der Waals surface area contributed by atoms with Crippen LogP contribution in [-0.4, -0.2) is 68.5 Å². The fourth-order valence-corrected chi connectivity index (χ4v) is 3.12. The number of likely N-dealkylation sites (N-methyl/N-ethyl adjacent to an activating group) is 1. The Bertz CT molecular complexity index is 500. The van der Waals surface area contributed by atoms with E-state index in [0.717, 1.165) is 38.5 Å². The minimum absolute atomic E-state index is 0. The second kappa shape index (κ2) is 23.5. The third-order valence-corrected chi connectivity index (χ3v) is 5.29. The van der Waals surface area contributed by atoms with E-state index in [1.54, 1.807) is 7.05 Å². The maximum absolute atomic E-state index is 12.0. The van der Waals surface area contributed by atoms with Gasteiger partial charge in [0, 0.05) is 5.25 Å². The van der Waals surface area contributed by atoms with Crippen LogP contribution in [0.25, 0.3) is 0 Å². The Labute approximate surface area is 248 Å². The van der Waals surface area contributed by atoms with E-state index in [1.165, 1.54) is 18.4 Å². The molecule has 31 heavy (non-hydrogen) atoms. The molecular weight excluding hydrogens is 541 g/mol. The third-order valence-electron chi connectivity index (χ3n) is 4.16. The molecule has 1 rings (SSSR count). The van der Waals surface area contributed by atoms with E-state index in [2.05, 4.69) is 20.7 Å². The molecule has 1 saturated carbocycles. The Kier molecular flexibility index (Phi) is 25.4. The van der Waals surface area contributed by atoms with Gasteiger partial charge in [0.25, 0.3) is 5.91 Å². The summed E-state index contributed by atoms with van der Waals surface area (Å²) in [7, 11) is 1.70. The van der Waals surface area contributed by atoms with Crippen molar-refractivity contribution in [2.24, 2.45) is 11.5 Å². The van der Waals surface area contributed by atoms with Gasteiger partial charge >= 0.3 is 68.9 Å². The fraction of sp³-hybridized carbons (Fsp3) is 0.789. The number of carbonyl (C=O) groups is 3. The smallest absolute Gasteiger partial charge is 0.522 e. The number of hydrogen-bond acceptors (Lipinski definition) is 8. The quantitative estimate of drug-likeness (QED) is 0.0335. The fourth-order valence-electron chi connectivity index (χ4n) is 2.32.